The quantitative estimate of drug-likeness (QED) is 0.188. The third-order valence-corrected chi connectivity index (χ3v) is 10.9. The molecular weight excluding hydrogens is 633 g/mol. The van der Waals surface area contributed by atoms with E-state index in [4.69, 9.17) is 14.7 Å². The Hall–Kier alpha value is -6.84. The molecular formula is C49H30N2O. The molecule has 0 bridgehead atoms. The number of para-hydroxylation sites is 1. The van der Waals surface area contributed by atoms with Crippen molar-refractivity contribution in [3.63, 3.8) is 0 Å². The number of hydrogen-bond acceptors (Lipinski definition) is 3. The van der Waals surface area contributed by atoms with Gasteiger partial charge in [0.25, 0.3) is 0 Å². The van der Waals surface area contributed by atoms with E-state index < -0.39 is 5.41 Å². The lowest BCUT2D eigenvalue weighted by molar-refractivity contribution is 0.443. The van der Waals surface area contributed by atoms with E-state index in [1.54, 1.807) is 0 Å². The van der Waals surface area contributed by atoms with E-state index in [-0.39, 0.29) is 0 Å². The molecule has 9 aromatic rings. The molecule has 2 heterocycles. The van der Waals surface area contributed by atoms with Crippen LogP contribution in [0.2, 0.25) is 0 Å². The van der Waals surface area contributed by atoms with Crippen molar-refractivity contribution in [2.24, 2.45) is 0 Å². The minimum absolute atomic E-state index is 0.578. The maximum Gasteiger partial charge on any atom is 0.140 e. The van der Waals surface area contributed by atoms with Gasteiger partial charge in [-0.05, 0) is 80.2 Å². The molecule has 3 nitrogen and oxygen atoms in total. The second-order valence-corrected chi connectivity index (χ2v) is 13.7. The smallest absolute Gasteiger partial charge is 0.140 e. The van der Waals surface area contributed by atoms with Gasteiger partial charge in [-0.1, -0.05) is 146 Å². The van der Waals surface area contributed by atoms with Crippen LogP contribution in [0.15, 0.2) is 182 Å². The minimum Gasteiger partial charge on any atom is -0.456 e. The van der Waals surface area contributed by atoms with E-state index >= 15 is 0 Å². The number of aromatic nitrogens is 2. The van der Waals surface area contributed by atoms with Gasteiger partial charge in [0.15, 0.2) is 0 Å². The first-order valence-corrected chi connectivity index (χ1v) is 17.7. The highest BCUT2D eigenvalue weighted by molar-refractivity contribution is 6.02. The molecule has 1 unspecified atom stereocenters. The number of fused-ring (bicyclic) bond motifs is 8. The molecule has 3 heteroatoms. The standard InChI is InChI=1S/C49H30N2O/c1-4-14-31(15-5-1)38-28-43-44(29-39(38)32-16-6-2-7-17-32)51-45(30-50-43)34-24-25-37-40-26-33-18-10-11-21-36(33)48-47(40)49(42(37)27-34,35-19-8-3-9-20-35)41-22-12-13-23-46(41)52-48/h1-30H. The average molecular weight is 663 g/mol. The van der Waals surface area contributed by atoms with Crippen molar-refractivity contribution in [3.05, 3.63) is 204 Å². The third kappa shape index (κ3) is 4.08. The molecule has 242 valence electrons. The van der Waals surface area contributed by atoms with Gasteiger partial charge in [-0.25, -0.2) is 4.98 Å². The molecule has 0 saturated heterocycles. The Balaban J connectivity index is 1.16. The Morgan fingerprint density at radius 3 is 1.88 bits per heavy atom. The van der Waals surface area contributed by atoms with Gasteiger partial charge in [-0.3, -0.25) is 4.98 Å². The van der Waals surface area contributed by atoms with Crippen LogP contribution in [-0.2, 0) is 5.41 Å². The topological polar surface area (TPSA) is 35.0 Å². The zero-order chi connectivity index (χ0) is 34.2. The van der Waals surface area contributed by atoms with Crippen molar-refractivity contribution in [3.8, 4) is 56.1 Å². The fourth-order valence-electron chi connectivity index (χ4n) is 8.70. The SMILES string of the molecule is c1ccc(-c2cc3ncc(-c4ccc5c(c4)C4(c6ccccc6)c6ccccc6Oc6c4c-5cc4ccccc64)nc3cc2-c2ccccc2)cc1. The van der Waals surface area contributed by atoms with Gasteiger partial charge in [0.05, 0.1) is 28.3 Å². The molecule has 1 atom stereocenters. The summed E-state index contributed by atoms with van der Waals surface area (Å²) in [6, 6.07) is 62.7. The molecule has 1 aromatic heterocycles. The summed E-state index contributed by atoms with van der Waals surface area (Å²) in [7, 11) is 0. The normalized spacial score (nSPS) is 15.2. The predicted octanol–water partition coefficient (Wildman–Crippen LogP) is 12.3. The van der Waals surface area contributed by atoms with E-state index in [1.807, 2.05) is 6.20 Å². The van der Waals surface area contributed by atoms with Crippen molar-refractivity contribution in [1.29, 1.82) is 0 Å². The van der Waals surface area contributed by atoms with Crippen molar-refractivity contribution >= 4 is 21.8 Å². The summed E-state index contributed by atoms with van der Waals surface area (Å²) >= 11 is 0. The van der Waals surface area contributed by atoms with Crippen LogP contribution in [0.4, 0.5) is 0 Å². The molecule has 0 amide bonds. The van der Waals surface area contributed by atoms with Gasteiger partial charge < -0.3 is 4.74 Å². The Morgan fingerprint density at radius 1 is 0.462 bits per heavy atom. The summed E-state index contributed by atoms with van der Waals surface area (Å²) in [5.74, 6) is 1.81. The summed E-state index contributed by atoms with van der Waals surface area (Å²) in [6.45, 7) is 0. The van der Waals surface area contributed by atoms with Gasteiger partial charge in [0.2, 0.25) is 0 Å². The summed E-state index contributed by atoms with van der Waals surface area (Å²) in [5.41, 5.74) is 14.8. The van der Waals surface area contributed by atoms with Crippen LogP contribution >= 0.6 is 0 Å². The number of benzene rings is 8. The van der Waals surface area contributed by atoms with Gasteiger partial charge in [-0.15, -0.1) is 0 Å². The van der Waals surface area contributed by atoms with Gasteiger partial charge >= 0.3 is 0 Å². The molecule has 52 heavy (non-hydrogen) atoms. The van der Waals surface area contributed by atoms with Gasteiger partial charge in [0.1, 0.15) is 11.5 Å². The summed E-state index contributed by atoms with van der Waals surface area (Å²) in [5, 5.41) is 2.28. The molecule has 11 rings (SSSR count). The minimum atomic E-state index is -0.578. The molecule has 0 saturated carbocycles. The second-order valence-electron chi connectivity index (χ2n) is 13.7. The molecule has 8 aromatic carbocycles. The first-order valence-electron chi connectivity index (χ1n) is 17.7. The van der Waals surface area contributed by atoms with E-state index in [0.29, 0.717) is 0 Å². The first kappa shape index (κ1) is 28.9. The molecule has 2 aliphatic rings. The molecule has 0 N–H and O–H groups in total. The predicted molar refractivity (Wildman–Crippen MR) is 211 cm³/mol. The average Bonchev–Trinajstić information content (AvgIpc) is 3.52. The van der Waals surface area contributed by atoms with E-state index in [9.17, 15) is 0 Å². The van der Waals surface area contributed by atoms with E-state index in [2.05, 4.69) is 176 Å². The lowest BCUT2D eigenvalue weighted by atomic mass is 9.65. The van der Waals surface area contributed by atoms with Crippen molar-refractivity contribution in [1.82, 2.24) is 9.97 Å². The highest BCUT2D eigenvalue weighted by Crippen LogP contribution is 2.65. The van der Waals surface area contributed by atoms with Gasteiger partial charge in [-0.2, -0.15) is 0 Å². The van der Waals surface area contributed by atoms with Gasteiger partial charge in [0, 0.05) is 22.1 Å². The number of nitrogens with zero attached hydrogens (tertiary/aromatic N) is 2. The Bertz CT molecular complexity index is 2870. The zero-order valence-electron chi connectivity index (χ0n) is 28.1. The van der Waals surface area contributed by atoms with E-state index in [0.717, 1.165) is 67.0 Å². The Morgan fingerprint density at radius 2 is 1.12 bits per heavy atom. The number of ether oxygens (including phenoxy) is 1. The zero-order valence-corrected chi connectivity index (χ0v) is 28.1. The monoisotopic (exact) mass is 662 g/mol. The van der Waals surface area contributed by atoms with Crippen LogP contribution in [0.25, 0.3) is 66.4 Å². The highest BCUT2D eigenvalue weighted by Gasteiger charge is 2.52. The van der Waals surface area contributed by atoms with Crippen LogP contribution in [0.1, 0.15) is 22.3 Å². The van der Waals surface area contributed by atoms with E-state index in [1.165, 1.54) is 33.2 Å². The third-order valence-electron chi connectivity index (χ3n) is 10.9. The molecule has 0 radical (unpaired) electrons. The maximum atomic E-state index is 6.89. The summed E-state index contributed by atoms with van der Waals surface area (Å²) < 4.78 is 6.89. The number of rotatable bonds is 4. The molecule has 1 aliphatic heterocycles. The highest BCUT2D eigenvalue weighted by atomic mass is 16.5. The fourth-order valence-corrected chi connectivity index (χ4v) is 8.70. The fraction of sp³-hybridized carbons (Fsp3) is 0.0204. The van der Waals surface area contributed by atoms with Crippen molar-refractivity contribution in [2.75, 3.05) is 0 Å². The summed E-state index contributed by atoms with van der Waals surface area (Å²) in [6.07, 6.45) is 1.93. The largest absolute Gasteiger partial charge is 0.456 e. The van der Waals surface area contributed by atoms with Crippen molar-refractivity contribution in [2.45, 2.75) is 5.41 Å². The van der Waals surface area contributed by atoms with Crippen LogP contribution in [0, 0.1) is 0 Å². The second kappa shape index (κ2) is 11.1. The maximum absolute atomic E-state index is 6.89. The lowest BCUT2D eigenvalue weighted by Gasteiger charge is -2.39. The van der Waals surface area contributed by atoms with Crippen LogP contribution in [0.3, 0.4) is 0 Å². The Labute approximate surface area is 301 Å². The van der Waals surface area contributed by atoms with Crippen LogP contribution in [-0.4, -0.2) is 9.97 Å². The van der Waals surface area contributed by atoms with Crippen LogP contribution in [0.5, 0.6) is 11.5 Å². The lowest BCUT2D eigenvalue weighted by Crippen LogP contribution is -2.32. The molecule has 0 spiro atoms. The van der Waals surface area contributed by atoms with Crippen LogP contribution < -0.4 is 4.74 Å². The molecule has 1 aliphatic carbocycles. The van der Waals surface area contributed by atoms with Crippen molar-refractivity contribution < 1.29 is 4.74 Å². The Kier molecular flexibility index (Phi) is 6.17. The summed E-state index contributed by atoms with van der Waals surface area (Å²) in [4.78, 5) is 10.4. The molecule has 0 fully saturated rings. The number of hydrogen-bond donors (Lipinski definition) is 0. The first-order chi connectivity index (χ1) is 25.8.